The number of para-hydroxylation sites is 1. The third kappa shape index (κ3) is 2.74. The quantitative estimate of drug-likeness (QED) is 0.840. The number of hydrogen-bond acceptors (Lipinski definition) is 3. The highest BCUT2D eigenvalue weighted by Gasteiger charge is 2.21. The van der Waals surface area contributed by atoms with Crippen molar-refractivity contribution in [3.63, 3.8) is 0 Å². The minimum atomic E-state index is -1.13. The molecule has 2 N–H and O–H groups in total. The van der Waals surface area contributed by atoms with Gasteiger partial charge < -0.3 is 14.7 Å². The van der Waals surface area contributed by atoms with Gasteiger partial charge in [-0.3, -0.25) is 9.59 Å². The van der Waals surface area contributed by atoms with E-state index in [2.05, 4.69) is 4.98 Å². The van der Waals surface area contributed by atoms with Crippen LogP contribution < -0.4 is 11.1 Å². The number of fused-ring (bicyclic) bond motifs is 1. The number of nitrogens with zero attached hydrogens (tertiary/aromatic N) is 1. The Morgan fingerprint density at radius 1 is 1.33 bits per heavy atom. The molecule has 6 nitrogen and oxygen atoms in total. The standard InChI is InChI=1S/C15H18N2O4/c1-4-15(2,3)8-17-11-9(14(20)21)6-5-7-10(11)16-12(18)13(17)19/h5-7H,4,8H2,1-3H3,(H,16,18)(H,20,21). The molecule has 6 heteroatoms. The minimum Gasteiger partial charge on any atom is -0.478 e. The average molecular weight is 290 g/mol. The average Bonchev–Trinajstić information content (AvgIpc) is 2.43. The fourth-order valence-electron chi connectivity index (χ4n) is 2.20. The van der Waals surface area contributed by atoms with Gasteiger partial charge in [-0.25, -0.2) is 4.79 Å². The molecule has 0 radical (unpaired) electrons. The highest BCUT2D eigenvalue weighted by atomic mass is 16.4. The predicted molar refractivity (Wildman–Crippen MR) is 79.9 cm³/mol. The van der Waals surface area contributed by atoms with Gasteiger partial charge in [-0.05, 0) is 24.0 Å². The molecular weight excluding hydrogens is 272 g/mol. The van der Waals surface area contributed by atoms with Crippen molar-refractivity contribution in [3.8, 4) is 0 Å². The zero-order chi connectivity index (χ0) is 15.8. The van der Waals surface area contributed by atoms with Crippen LogP contribution in [-0.4, -0.2) is 20.6 Å². The Morgan fingerprint density at radius 2 is 2.00 bits per heavy atom. The number of carboxylic acids is 1. The molecule has 0 saturated carbocycles. The first-order chi connectivity index (χ1) is 9.76. The van der Waals surface area contributed by atoms with Gasteiger partial charge >= 0.3 is 17.1 Å². The van der Waals surface area contributed by atoms with E-state index in [0.717, 1.165) is 6.42 Å². The summed E-state index contributed by atoms with van der Waals surface area (Å²) >= 11 is 0. The number of benzene rings is 1. The Morgan fingerprint density at radius 3 is 2.57 bits per heavy atom. The lowest BCUT2D eigenvalue weighted by molar-refractivity contribution is 0.0698. The highest BCUT2D eigenvalue weighted by Crippen LogP contribution is 2.24. The van der Waals surface area contributed by atoms with Crippen molar-refractivity contribution in [1.82, 2.24) is 9.55 Å². The van der Waals surface area contributed by atoms with Gasteiger partial charge in [0.1, 0.15) is 0 Å². The van der Waals surface area contributed by atoms with Crippen molar-refractivity contribution in [2.75, 3.05) is 0 Å². The molecule has 0 spiro atoms. The lowest BCUT2D eigenvalue weighted by Crippen LogP contribution is -2.39. The lowest BCUT2D eigenvalue weighted by atomic mass is 9.90. The molecular formula is C15H18N2O4. The van der Waals surface area contributed by atoms with Crippen molar-refractivity contribution >= 4 is 17.0 Å². The summed E-state index contributed by atoms with van der Waals surface area (Å²) in [7, 11) is 0. The SMILES string of the molecule is CCC(C)(C)Cn1c(=O)c(=O)[nH]c2cccc(C(=O)O)c21. The largest absolute Gasteiger partial charge is 0.478 e. The summed E-state index contributed by atoms with van der Waals surface area (Å²) < 4.78 is 1.28. The third-order valence-corrected chi connectivity index (χ3v) is 3.77. The summed E-state index contributed by atoms with van der Waals surface area (Å²) in [4.78, 5) is 37.8. The fraction of sp³-hybridized carbons (Fsp3) is 0.400. The normalized spacial score (nSPS) is 11.8. The topological polar surface area (TPSA) is 92.2 Å². The van der Waals surface area contributed by atoms with Crippen LogP contribution in [0.15, 0.2) is 27.8 Å². The number of hydrogen-bond donors (Lipinski definition) is 2. The molecule has 0 unspecified atom stereocenters. The smallest absolute Gasteiger partial charge is 0.337 e. The minimum absolute atomic E-state index is 0.00718. The van der Waals surface area contributed by atoms with Crippen molar-refractivity contribution in [2.45, 2.75) is 33.7 Å². The molecule has 0 bridgehead atoms. The summed E-state index contributed by atoms with van der Waals surface area (Å²) in [6, 6.07) is 4.57. The van der Waals surface area contributed by atoms with E-state index in [4.69, 9.17) is 0 Å². The zero-order valence-corrected chi connectivity index (χ0v) is 12.3. The number of carbonyl (C=O) groups is 1. The summed E-state index contributed by atoms with van der Waals surface area (Å²) in [6.45, 7) is 6.21. The van der Waals surface area contributed by atoms with E-state index in [1.54, 1.807) is 12.1 Å². The van der Waals surface area contributed by atoms with E-state index < -0.39 is 17.1 Å². The Kier molecular flexibility index (Phi) is 3.72. The van der Waals surface area contributed by atoms with E-state index in [1.807, 2.05) is 20.8 Å². The van der Waals surface area contributed by atoms with Crippen molar-refractivity contribution in [1.29, 1.82) is 0 Å². The van der Waals surface area contributed by atoms with E-state index >= 15 is 0 Å². The van der Waals surface area contributed by atoms with Gasteiger partial charge in [-0.15, -0.1) is 0 Å². The van der Waals surface area contributed by atoms with Crippen LogP contribution in [0.25, 0.3) is 11.0 Å². The van der Waals surface area contributed by atoms with Crippen LogP contribution in [0.5, 0.6) is 0 Å². The maximum Gasteiger partial charge on any atom is 0.337 e. The molecule has 0 aliphatic carbocycles. The lowest BCUT2D eigenvalue weighted by Gasteiger charge is -2.24. The molecule has 0 saturated heterocycles. The Bertz CT molecular complexity index is 815. The molecule has 0 fully saturated rings. The maximum atomic E-state index is 12.2. The van der Waals surface area contributed by atoms with Gasteiger partial charge in [0.25, 0.3) is 0 Å². The van der Waals surface area contributed by atoms with Gasteiger partial charge in [-0.2, -0.15) is 0 Å². The van der Waals surface area contributed by atoms with Gasteiger partial charge in [-0.1, -0.05) is 26.8 Å². The van der Waals surface area contributed by atoms with Gasteiger partial charge in [0.15, 0.2) is 0 Å². The van der Waals surface area contributed by atoms with Gasteiger partial charge in [0.2, 0.25) is 0 Å². The molecule has 2 aromatic rings. The summed E-state index contributed by atoms with van der Waals surface area (Å²) in [6.07, 6.45) is 0.795. The zero-order valence-electron chi connectivity index (χ0n) is 12.3. The third-order valence-electron chi connectivity index (χ3n) is 3.77. The van der Waals surface area contributed by atoms with E-state index in [0.29, 0.717) is 5.52 Å². The van der Waals surface area contributed by atoms with Crippen LogP contribution >= 0.6 is 0 Å². The second-order valence-electron chi connectivity index (χ2n) is 5.87. The molecule has 1 aromatic heterocycles. The van der Waals surface area contributed by atoms with Crippen LogP contribution in [0, 0.1) is 5.41 Å². The summed E-state index contributed by atoms with van der Waals surface area (Å²) in [5, 5.41) is 9.32. The Labute approximate surface area is 121 Å². The highest BCUT2D eigenvalue weighted by molar-refractivity contribution is 6.00. The fourth-order valence-corrected chi connectivity index (χ4v) is 2.20. The van der Waals surface area contributed by atoms with Crippen LogP contribution in [-0.2, 0) is 6.54 Å². The Hall–Kier alpha value is -2.37. The van der Waals surface area contributed by atoms with Crippen molar-refractivity contribution in [3.05, 3.63) is 44.5 Å². The first-order valence-corrected chi connectivity index (χ1v) is 6.76. The van der Waals surface area contributed by atoms with Crippen LogP contribution in [0.4, 0.5) is 0 Å². The molecule has 0 amide bonds. The number of aromatic nitrogens is 2. The van der Waals surface area contributed by atoms with Crippen LogP contribution in [0.3, 0.4) is 0 Å². The van der Waals surface area contributed by atoms with Gasteiger partial charge in [0.05, 0.1) is 16.6 Å². The van der Waals surface area contributed by atoms with E-state index in [1.165, 1.54) is 10.6 Å². The number of carboxylic acid groups (broad SMARTS) is 1. The molecule has 1 heterocycles. The molecule has 1 aromatic carbocycles. The van der Waals surface area contributed by atoms with Gasteiger partial charge in [0, 0.05) is 6.54 Å². The maximum absolute atomic E-state index is 12.2. The summed E-state index contributed by atoms with van der Waals surface area (Å²) in [5.41, 5.74) is -1.07. The first kappa shape index (κ1) is 15.0. The molecule has 112 valence electrons. The molecule has 21 heavy (non-hydrogen) atoms. The van der Waals surface area contributed by atoms with Crippen LogP contribution in [0.2, 0.25) is 0 Å². The Balaban J connectivity index is 2.89. The second-order valence-corrected chi connectivity index (χ2v) is 5.87. The number of H-pyrrole nitrogens is 1. The predicted octanol–water partition coefficient (Wildman–Crippen LogP) is 1.82. The first-order valence-electron chi connectivity index (χ1n) is 6.76. The van der Waals surface area contributed by atoms with E-state index in [9.17, 15) is 19.5 Å². The van der Waals surface area contributed by atoms with Crippen LogP contribution in [0.1, 0.15) is 37.6 Å². The molecule has 0 aliphatic rings. The molecule has 0 atom stereocenters. The number of aromatic carboxylic acids is 1. The summed E-state index contributed by atoms with van der Waals surface area (Å²) in [5.74, 6) is -1.13. The van der Waals surface area contributed by atoms with E-state index in [-0.39, 0.29) is 23.0 Å². The monoisotopic (exact) mass is 290 g/mol. The van der Waals surface area contributed by atoms with Crippen molar-refractivity contribution < 1.29 is 9.90 Å². The van der Waals surface area contributed by atoms with Crippen molar-refractivity contribution in [2.24, 2.45) is 5.41 Å². The molecule has 2 rings (SSSR count). The molecule has 0 aliphatic heterocycles. The second kappa shape index (κ2) is 5.20. The number of aromatic amines is 1. The number of rotatable bonds is 4. The number of nitrogens with one attached hydrogen (secondary N) is 1.